The number of hydrogen-bond donors (Lipinski definition) is 2. The molecular weight excluding hydrogens is 420 g/mol. The number of benzene rings is 2. The van der Waals surface area contributed by atoms with Crippen molar-refractivity contribution < 1.29 is 24.9 Å². The summed E-state index contributed by atoms with van der Waals surface area (Å²) in [6.07, 6.45) is 0.989. The third kappa shape index (κ3) is 4.63. The highest BCUT2D eigenvalue weighted by atomic mass is 35.5. The number of aromatic amines is 1. The van der Waals surface area contributed by atoms with E-state index in [1.807, 2.05) is 49.4 Å². The Morgan fingerprint density at radius 2 is 2.03 bits per heavy atom. The quantitative estimate of drug-likeness (QED) is 0.560. The second-order valence-corrected chi connectivity index (χ2v) is 7.68. The van der Waals surface area contributed by atoms with Crippen LogP contribution in [0.5, 0.6) is 5.75 Å². The van der Waals surface area contributed by atoms with Gasteiger partial charge in [0.15, 0.2) is 0 Å². The molecule has 2 aromatic carbocycles. The highest BCUT2D eigenvalue weighted by molar-refractivity contribution is 6.31. The van der Waals surface area contributed by atoms with Crippen LogP contribution in [0.15, 0.2) is 42.5 Å². The predicted octanol–water partition coefficient (Wildman–Crippen LogP) is 3.86. The van der Waals surface area contributed by atoms with Gasteiger partial charge >= 0.3 is 6.09 Å². The fourth-order valence-electron chi connectivity index (χ4n) is 4.01. The summed E-state index contributed by atoms with van der Waals surface area (Å²) < 4.78 is 11.0. The van der Waals surface area contributed by atoms with Crippen LogP contribution in [-0.2, 0) is 11.2 Å². The highest BCUT2D eigenvalue weighted by Gasteiger charge is 2.35. The SMILES string of the molecule is CCOC(=O)N1CCc2c([nH]c3ccc(Cl)cc23)C1c1ccc(OCCCO)cc1.O. The van der Waals surface area contributed by atoms with E-state index in [0.717, 1.165) is 34.3 Å². The Bertz CT molecular complexity index is 1030. The lowest BCUT2D eigenvalue weighted by Crippen LogP contribution is -2.40. The molecule has 0 fully saturated rings. The minimum absolute atomic E-state index is 0. The van der Waals surface area contributed by atoms with Gasteiger partial charge in [0.05, 0.1) is 13.2 Å². The normalized spacial score (nSPS) is 15.3. The van der Waals surface area contributed by atoms with Crippen LogP contribution in [0.25, 0.3) is 10.9 Å². The lowest BCUT2D eigenvalue weighted by atomic mass is 9.92. The van der Waals surface area contributed by atoms with Crippen molar-refractivity contribution in [3.63, 3.8) is 0 Å². The minimum Gasteiger partial charge on any atom is -0.494 e. The number of halogens is 1. The number of ether oxygens (including phenoxy) is 2. The maximum Gasteiger partial charge on any atom is 0.410 e. The molecule has 1 aliphatic rings. The van der Waals surface area contributed by atoms with Gasteiger partial charge in [-0.3, -0.25) is 4.90 Å². The summed E-state index contributed by atoms with van der Waals surface area (Å²) in [6, 6.07) is 13.3. The number of aromatic nitrogens is 1. The van der Waals surface area contributed by atoms with Gasteiger partial charge in [-0.25, -0.2) is 4.79 Å². The number of carbonyl (C=O) groups is 1. The molecule has 0 aliphatic carbocycles. The van der Waals surface area contributed by atoms with Gasteiger partial charge in [-0.2, -0.15) is 0 Å². The van der Waals surface area contributed by atoms with Crippen molar-refractivity contribution in [2.45, 2.75) is 25.8 Å². The van der Waals surface area contributed by atoms with E-state index in [0.29, 0.717) is 31.2 Å². The number of carbonyl (C=O) groups excluding carboxylic acids is 1. The molecule has 7 nitrogen and oxygen atoms in total. The van der Waals surface area contributed by atoms with Crippen LogP contribution in [0.4, 0.5) is 4.79 Å². The minimum atomic E-state index is -0.326. The van der Waals surface area contributed by atoms with Gasteiger partial charge in [0, 0.05) is 41.2 Å². The first kappa shape index (κ1) is 22.9. The molecular formula is C23H27ClN2O5. The summed E-state index contributed by atoms with van der Waals surface area (Å²) in [5.74, 6) is 0.731. The van der Waals surface area contributed by atoms with E-state index in [1.165, 1.54) is 5.56 Å². The molecule has 0 bridgehead atoms. The summed E-state index contributed by atoms with van der Waals surface area (Å²) in [6.45, 7) is 3.26. The third-order valence-corrected chi connectivity index (χ3v) is 5.59. The number of amides is 1. The smallest absolute Gasteiger partial charge is 0.410 e. The van der Waals surface area contributed by atoms with Crippen LogP contribution in [0.2, 0.25) is 5.02 Å². The molecule has 1 unspecified atom stereocenters. The molecule has 1 aliphatic heterocycles. The lowest BCUT2D eigenvalue weighted by Gasteiger charge is -2.35. The van der Waals surface area contributed by atoms with Crippen molar-refractivity contribution in [2.24, 2.45) is 0 Å². The molecule has 31 heavy (non-hydrogen) atoms. The van der Waals surface area contributed by atoms with Crippen molar-refractivity contribution in [3.8, 4) is 5.75 Å². The predicted molar refractivity (Wildman–Crippen MR) is 120 cm³/mol. The Morgan fingerprint density at radius 1 is 1.26 bits per heavy atom. The van der Waals surface area contributed by atoms with E-state index in [2.05, 4.69) is 4.98 Å². The van der Waals surface area contributed by atoms with E-state index in [1.54, 1.807) is 4.90 Å². The summed E-state index contributed by atoms with van der Waals surface area (Å²) >= 11 is 6.23. The largest absolute Gasteiger partial charge is 0.494 e. The van der Waals surface area contributed by atoms with Crippen molar-refractivity contribution in [3.05, 3.63) is 64.3 Å². The number of H-pyrrole nitrogens is 1. The van der Waals surface area contributed by atoms with Crippen LogP contribution < -0.4 is 4.74 Å². The van der Waals surface area contributed by atoms with E-state index >= 15 is 0 Å². The molecule has 0 radical (unpaired) electrons. The van der Waals surface area contributed by atoms with Crippen molar-refractivity contribution in [2.75, 3.05) is 26.4 Å². The monoisotopic (exact) mass is 446 g/mol. The molecule has 0 saturated heterocycles. The molecule has 1 amide bonds. The van der Waals surface area contributed by atoms with Crippen LogP contribution in [0.1, 0.15) is 36.2 Å². The zero-order valence-electron chi connectivity index (χ0n) is 17.4. The molecule has 0 saturated carbocycles. The average Bonchev–Trinajstić information content (AvgIpc) is 3.12. The topological polar surface area (TPSA) is 106 Å². The van der Waals surface area contributed by atoms with Crippen LogP contribution in [0.3, 0.4) is 0 Å². The molecule has 0 spiro atoms. The molecule has 3 aromatic rings. The first-order chi connectivity index (χ1) is 14.6. The Balaban J connectivity index is 0.00000272. The van der Waals surface area contributed by atoms with Gasteiger partial charge in [0.1, 0.15) is 11.8 Å². The average molecular weight is 447 g/mol. The van der Waals surface area contributed by atoms with Crippen LogP contribution in [-0.4, -0.2) is 52.9 Å². The van der Waals surface area contributed by atoms with Gasteiger partial charge in [0.2, 0.25) is 0 Å². The standard InChI is InChI=1S/C23H25ClN2O4.H2O/c1-2-29-23(28)26-11-10-18-19-14-16(24)6-9-20(19)25-21(18)22(26)15-4-7-17(8-5-15)30-13-3-12-27;/h4-9,14,22,25,27H,2-3,10-13H2,1H3;1H2. The summed E-state index contributed by atoms with van der Waals surface area (Å²) in [7, 11) is 0. The number of aliphatic hydroxyl groups is 1. The van der Waals surface area contributed by atoms with Crippen molar-refractivity contribution in [1.29, 1.82) is 0 Å². The Kier molecular flexibility index (Phi) is 7.43. The molecule has 166 valence electrons. The summed E-state index contributed by atoms with van der Waals surface area (Å²) in [5, 5.41) is 10.7. The van der Waals surface area contributed by atoms with Gasteiger partial charge in [-0.15, -0.1) is 0 Å². The van der Waals surface area contributed by atoms with Crippen molar-refractivity contribution >= 4 is 28.6 Å². The molecule has 4 rings (SSSR count). The first-order valence-corrected chi connectivity index (χ1v) is 10.6. The lowest BCUT2D eigenvalue weighted by molar-refractivity contribution is 0.0932. The van der Waals surface area contributed by atoms with Crippen LogP contribution >= 0.6 is 11.6 Å². The summed E-state index contributed by atoms with van der Waals surface area (Å²) in [4.78, 5) is 18.0. The van der Waals surface area contributed by atoms with Gasteiger partial charge in [-0.05, 0) is 54.8 Å². The highest BCUT2D eigenvalue weighted by Crippen LogP contribution is 2.39. The maximum atomic E-state index is 12.7. The molecule has 4 N–H and O–H groups in total. The second-order valence-electron chi connectivity index (χ2n) is 7.25. The number of rotatable bonds is 6. The Labute approximate surface area is 185 Å². The Hall–Kier alpha value is -2.74. The number of nitrogens with zero attached hydrogens (tertiary/aromatic N) is 1. The van der Waals surface area contributed by atoms with Gasteiger partial charge in [0.25, 0.3) is 0 Å². The zero-order valence-corrected chi connectivity index (χ0v) is 18.1. The zero-order chi connectivity index (χ0) is 21.1. The molecule has 1 aromatic heterocycles. The molecule has 8 heteroatoms. The second kappa shape index (κ2) is 10.0. The number of aliphatic hydroxyl groups excluding tert-OH is 1. The number of fused-ring (bicyclic) bond motifs is 3. The molecule has 1 atom stereocenters. The maximum absolute atomic E-state index is 12.7. The van der Waals surface area contributed by atoms with E-state index < -0.39 is 0 Å². The van der Waals surface area contributed by atoms with E-state index in [9.17, 15) is 4.79 Å². The van der Waals surface area contributed by atoms with Gasteiger partial charge < -0.3 is 25.0 Å². The first-order valence-electron chi connectivity index (χ1n) is 10.2. The number of hydrogen-bond acceptors (Lipinski definition) is 4. The Morgan fingerprint density at radius 3 is 2.74 bits per heavy atom. The van der Waals surface area contributed by atoms with Gasteiger partial charge in [-0.1, -0.05) is 23.7 Å². The summed E-state index contributed by atoms with van der Waals surface area (Å²) in [5.41, 5.74) is 4.14. The van der Waals surface area contributed by atoms with Crippen molar-refractivity contribution in [1.82, 2.24) is 9.88 Å². The van der Waals surface area contributed by atoms with E-state index in [4.69, 9.17) is 26.2 Å². The number of nitrogens with one attached hydrogen (secondary N) is 1. The molecule has 2 heterocycles. The van der Waals surface area contributed by atoms with E-state index in [-0.39, 0.29) is 24.2 Å². The van der Waals surface area contributed by atoms with Crippen LogP contribution in [0, 0.1) is 0 Å². The third-order valence-electron chi connectivity index (χ3n) is 5.36. The fourth-order valence-corrected chi connectivity index (χ4v) is 4.18. The fraction of sp³-hybridized carbons (Fsp3) is 0.348.